The van der Waals surface area contributed by atoms with Crippen LogP contribution in [0, 0.1) is 0 Å². The van der Waals surface area contributed by atoms with E-state index in [0.29, 0.717) is 23.1 Å². The summed E-state index contributed by atoms with van der Waals surface area (Å²) in [5, 5.41) is 0.682. The van der Waals surface area contributed by atoms with Crippen LogP contribution in [0.1, 0.15) is 12.0 Å². The smallest absolute Gasteiger partial charge is 0.240 e. The van der Waals surface area contributed by atoms with Gasteiger partial charge in [-0.2, -0.15) is 0 Å². The van der Waals surface area contributed by atoms with Crippen LogP contribution in [0.4, 0.5) is 5.69 Å². The minimum absolute atomic E-state index is 0.117. The molecule has 7 heteroatoms. The van der Waals surface area contributed by atoms with E-state index in [1.165, 1.54) is 0 Å². The third-order valence-corrected chi connectivity index (χ3v) is 6.41. The Morgan fingerprint density at radius 2 is 2.08 bits per heavy atom. The highest BCUT2D eigenvalue weighted by Gasteiger charge is 2.28. The Bertz CT molecular complexity index is 901. The average molecular weight is 379 g/mol. The highest BCUT2D eigenvalue weighted by Crippen LogP contribution is 2.28. The van der Waals surface area contributed by atoms with Crippen LogP contribution in [-0.2, 0) is 16.4 Å². The van der Waals surface area contributed by atoms with E-state index in [0.717, 1.165) is 36.4 Å². The summed E-state index contributed by atoms with van der Waals surface area (Å²) in [5.41, 5.74) is 1.97. The van der Waals surface area contributed by atoms with Crippen LogP contribution in [0.5, 0.6) is 5.75 Å². The Kier molecular flexibility index (Phi) is 4.35. The lowest BCUT2D eigenvalue weighted by atomic mass is 10.2. The van der Waals surface area contributed by atoms with Gasteiger partial charge in [0.25, 0.3) is 0 Å². The van der Waals surface area contributed by atoms with Crippen molar-refractivity contribution in [3.63, 3.8) is 0 Å². The van der Waals surface area contributed by atoms with Gasteiger partial charge in [-0.25, -0.2) is 13.1 Å². The number of sulfonamides is 1. The van der Waals surface area contributed by atoms with Crippen molar-refractivity contribution in [2.75, 3.05) is 24.6 Å². The van der Waals surface area contributed by atoms with E-state index in [2.05, 4.69) is 9.62 Å². The van der Waals surface area contributed by atoms with E-state index >= 15 is 0 Å². The summed E-state index contributed by atoms with van der Waals surface area (Å²) in [6.07, 6.45) is 1.52. The maximum Gasteiger partial charge on any atom is 0.240 e. The number of halogens is 1. The van der Waals surface area contributed by atoms with E-state index < -0.39 is 10.0 Å². The predicted molar refractivity (Wildman–Crippen MR) is 98.0 cm³/mol. The average Bonchev–Trinajstić information content (AvgIpc) is 3.22. The topological polar surface area (TPSA) is 58.6 Å². The van der Waals surface area contributed by atoms with Crippen molar-refractivity contribution in [1.82, 2.24) is 4.72 Å². The van der Waals surface area contributed by atoms with Gasteiger partial charge in [0.1, 0.15) is 5.75 Å². The summed E-state index contributed by atoms with van der Waals surface area (Å²) >= 11 is 6.04. The Balaban J connectivity index is 1.47. The fraction of sp³-hybridized carbons (Fsp3) is 0.333. The maximum atomic E-state index is 12.7. The SMILES string of the molecule is O=S(=O)(NC1CCN(c2cccc(Cl)c2)C1)c1ccc2c(c1)CCO2. The fourth-order valence-electron chi connectivity index (χ4n) is 3.38. The molecule has 0 bridgehead atoms. The zero-order valence-electron chi connectivity index (χ0n) is 13.6. The van der Waals surface area contributed by atoms with Crippen LogP contribution in [-0.4, -0.2) is 34.2 Å². The number of benzene rings is 2. The minimum atomic E-state index is -3.54. The second-order valence-corrected chi connectivity index (χ2v) is 8.55. The van der Waals surface area contributed by atoms with Gasteiger partial charge < -0.3 is 9.64 Å². The standard InChI is InChI=1S/C18H19ClN2O3S/c19-14-2-1-3-16(11-14)21-8-6-15(12-21)20-25(22,23)17-4-5-18-13(10-17)7-9-24-18/h1-5,10-11,15,20H,6-9,12H2. The number of nitrogens with one attached hydrogen (secondary N) is 1. The molecule has 0 radical (unpaired) electrons. The van der Waals surface area contributed by atoms with E-state index in [9.17, 15) is 8.42 Å². The highest BCUT2D eigenvalue weighted by molar-refractivity contribution is 7.89. The van der Waals surface area contributed by atoms with Crippen LogP contribution in [0.15, 0.2) is 47.4 Å². The van der Waals surface area contributed by atoms with Crippen LogP contribution in [0.3, 0.4) is 0 Å². The molecule has 0 aromatic heterocycles. The zero-order chi connectivity index (χ0) is 17.4. The second kappa shape index (κ2) is 6.52. The highest BCUT2D eigenvalue weighted by atomic mass is 35.5. The quantitative estimate of drug-likeness (QED) is 0.888. The summed E-state index contributed by atoms with van der Waals surface area (Å²) in [6, 6.07) is 12.6. The monoisotopic (exact) mass is 378 g/mol. The third-order valence-electron chi connectivity index (χ3n) is 4.65. The molecule has 2 aromatic rings. The van der Waals surface area contributed by atoms with E-state index in [-0.39, 0.29) is 6.04 Å². The second-order valence-electron chi connectivity index (χ2n) is 6.40. The molecule has 0 amide bonds. The van der Waals surface area contributed by atoms with Gasteiger partial charge in [-0.1, -0.05) is 17.7 Å². The molecule has 0 spiro atoms. The largest absolute Gasteiger partial charge is 0.493 e. The fourth-order valence-corrected chi connectivity index (χ4v) is 4.88. The molecule has 1 unspecified atom stereocenters. The first-order valence-corrected chi connectivity index (χ1v) is 10.2. The van der Waals surface area contributed by atoms with Crippen molar-refractivity contribution >= 4 is 27.3 Å². The lowest BCUT2D eigenvalue weighted by molar-refractivity contribution is 0.356. The number of anilines is 1. The first kappa shape index (κ1) is 16.7. The van der Waals surface area contributed by atoms with Gasteiger partial charge in [0.15, 0.2) is 0 Å². The summed E-state index contributed by atoms with van der Waals surface area (Å²) in [5.74, 6) is 0.784. The molecule has 4 rings (SSSR count). The molecule has 2 heterocycles. The molecular formula is C18H19ClN2O3S. The minimum Gasteiger partial charge on any atom is -0.493 e. The Hall–Kier alpha value is -1.76. The van der Waals surface area contributed by atoms with Gasteiger partial charge >= 0.3 is 0 Å². The summed E-state index contributed by atoms with van der Waals surface area (Å²) < 4.78 is 33.7. The van der Waals surface area contributed by atoms with Crippen LogP contribution >= 0.6 is 11.6 Å². The molecule has 132 valence electrons. The summed E-state index contributed by atoms with van der Waals surface area (Å²) in [6.45, 7) is 2.04. The lowest BCUT2D eigenvalue weighted by Gasteiger charge is -2.19. The Labute approximate surface area is 152 Å². The Morgan fingerprint density at radius 1 is 1.20 bits per heavy atom. The number of ether oxygens (including phenoxy) is 1. The molecule has 1 atom stereocenters. The molecule has 1 saturated heterocycles. The van der Waals surface area contributed by atoms with Crippen molar-refractivity contribution in [3.05, 3.63) is 53.1 Å². The molecule has 2 aliphatic rings. The van der Waals surface area contributed by atoms with E-state index in [1.54, 1.807) is 18.2 Å². The van der Waals surface area contributed by atoms with Crippen LogP contribution in [0.2, 0.25) is 5.02 Å². The molecule has 0 aliphatic carbocycles. The maximum absolute atomic E-state index is 12.7. The van der Waals surface area contributed by atoms with Crippen molar-refractivity contribution in [1.29, 1.82) is 0 Å². The van der Waals surface area contributed by atoms with Crippen molar-refractivity contribution in [2.24, 2.45) is 0 Å². The molecule has 0 saturated carbocycles. The van der Waals surface area contributed by atoms with Gasteiger partial charge in [-0.3, -0.25) is 0 Å². The van der Waals surface area contributed by atoms with Crippen molar-refractivity contribution < 1.29 is 13.2 Å². The van der Waals surface area contributed by atoms with Gasteiger partial charge in [-0.15, -0.1) is 0 Å². The predicted octanol–water partition coefficient (Wildman–Crippen LogP) is 2.83. The van der Waals surface area contributed by atoms with E-state index in [4.69, 9.17) is 16.3 Å². The van der Waals surface area contributed by atoms with Crippen LogP contribution < -0.4 is 14.4 Å². The zero-order valence-corrected chi connectivity index (χ0v) is 15.2. The third kappa shape index (κ3) is 3.47. The summed E-state index contributed by atoms with van der Waals surface area (Å²) in [7, 11) is -3.54. The number of fused-ring (bicyclic) bond motifs is 1. The normalized spacial score (nSPS) is 19.7. The first-order chi connectivity index (χ1) is 12.0. The molecule has 1 fully saturated rings. The number of hydrogen-bond acceptors (Lipinski definition) is 4. The molecule has 25 heavy (non-hydrogen) atoms. The van der Waals surface area contributed by atoms with Gasteiger partial charge in [0.2, 0.25) is 10.0 Å². The number of hydrogen-bond donors (Lipinski definition) is 1. The first-order valence-electron chi connectivity index (χ1n) is 8.30. The molecule has 2 aliphatic heterocycles. The van der Waals surface area contributed by atoms with Crippen molar-refractivity contribution in [2.45, 2.75) is 23.8 Å². The summed E-state index contributed by atoms with van der Waals surface area (Å²) in [4.78, 5) is 2.45. The molecular weight excluding hydrogens is 360 g/mol. The van der Waals surface area contributed by atoms with Gasteiger partial charge in [-0.05, 0) is 48.4 Å². The Morgan fingerprint density at radius 3 is 2.92 bits per heavy atom. The van der Waals surface area contributed by atoms with Gasteiger partial charge in [0.05, 0.1) is 11.5 Å². The number of nitrogens with zero attached hydrogens (tertiary/aromatic N) is 1. The van der Waals surface area contributed by atoms with Crippen LogP contribution in [0.25, 0.3) is 0 Å². The molecule has 1 N–H and O–H groups in total. The number of rotatable bonds is 4. The molecule has 2 aromatic carbocycles. The lowest BCUT2D eigenvalue weighted by Crippen LogP contribution is -2.37. The van der Waals surface area contributed by atoms with E-state index in [1.807, 2.05) is 24.3 Å². The van der Waals surface area contributed by atoms with Crippen molar-refractivity contribution in [3.8, 4) is 5.75 Å². The molecule has 5 nitrogen and oxygen atoms in total. The van der Waals surface area contributed by atoms with Gasteiger partial charge in [0, 0.05) is 36.3 Å².